The van der Waals surface area contributed by atoms with E-state index in [2.05, 4.69) is 10.5 Å². The highest BCUT2D eigenvalue weighted by Crippen LogP contribution is 2.21. The van der Waals surface area contributed by atoms with Crippen LogP contribution in [0, 0.1) is 5.41 Å². The highest BCUT2D eigenvalue weighted by Gasteiger charge is 2.20. The Morgan fingerprint density at radius 2 is 2.11 bits per heavy atom. The van der Waals surface area contributed by atoms with Gasteiger partial charge in [0.25, 0.3) is 0 Å². The number of ether oxygens (including phenoxy) is 1. The van der Waals surface area contributed by atoms with Crippen LogP contribution in [0.4, 0.5) is 0 Å². The molecule has 0 radical (unpaired) electrons. The van der Waals surface area contributed by atoms with Gasteiger partial charge in [0.05, 0.1) is 13.3 Å². The van der Waals surface area contributed by atoms with Gasteiger partial charge in [-0.3, -0.25) is 4.79 Å². The number of nitrogens with zero attached hydrogens (tertiary/aromatic N) is 1. The standard InChI is InChI=1S/C13H18N2O3/c1-13(2,3)12(17)15-14-8-9-7-10(18-4)5-6-11(9)16/h5-8,16H,1-4H3,(H,15,17). The minimum atomic E-state index is -0.506. The first-order chi connectivity index (χ1) is 8.34. The maximum Gasteiger partial charge on any atom is 0.245 e. The maximum absolute atomic E-state index is 11.6. The molecule has 5 heteroatoms. The lowest BCUT2D eigenvalue weighted by Crippen LogP contribution is -2.31. The largest absolute Gasteiger partial charge is 0.507 e. The van der Waals surface area contributed by atoms with E-state index in [1.165, 1.54) is 19.4 Å². The molecule has 0 aromatic heterocycles. The lowest BCUT2D eigenvalue weighted by Gasteiger charge is -2.14. The molecule has 0 saturated carbocycles. The molecule has 5 nitrogen and oxygen atoms in total. The van der Waals surface area contributed by atoms with Crippen LogP contribution in [-0.2, 0) is 4.79 Å². The molecule has 0 heterocycles. The fraction of sp³-hybridized carbons (Fsp3) is 0.385. The van der Waals surface area contributed by atoms with Crippen LogP contribution in [0.2, 0.25) is 0 Å². The lowest BCUT2D eigenvalue weighted by molar-refractivity contribution is -0.128. The minimum Gasteiger partial charge on any atom is -0.507 e. The second-order valence-corrected chi connectivity index (χ2v) is 4.87. The smallest absolute Gasteiger partial charge is 0.245 e. The fourth-order valence-corrected chi connectivity index (χ4v) is 1.09. The van der Waals surface area contributed by atoms with Crippen LogP contribution in [0.1, 0.15) is 26.3 Å². The third-order valence-corrected chi connectivity index (χ3v) is 2.29. The van der Waals surface area contributed by atoms with E-state index < -0.39 is 5.41 Å². The van der Waals surface area contributed by atoms with Crippen LogP contribution >= 0.6 is 0 Å². The van der Waals surface area contributed by atoms with Crippen molar-refractivity contribution in [1.82, 2.24) is 5.43 Å². The van der Waals surface area contributed by atoms with Crippen molar-refractivity contribution in [1.29, 1.82) is 0 Å². The molecule has 0 bridgehead atoms. The highest BCUT2D eigenvalue weighted by atomic mass is 16.5. The Bertz CT molecular complexity index is 462. The van der Waals surface area contributed by atoms with Gasteiger partial charge >= 0.3 is 0 Å². The van der Waals surface area contributed by atoms with Gasteiger partial charge in [-0.1, -0.05) is 20.8 Å². The zero-order valence-corrected chi connectivity index (χ0v) is 11.0. The molecule has 0 atom stereocenters. The Labute approximate surface area is 106 Å². The number of aromatic hydroxyl groups is 1. The number of hydrogen-bond donors (Lipinski definition) is 2. The van der Waals surface area contributed by atoms with E-state index in [-0.39, 0.29) is 11.7 Å². The third-order valence-electron chi connectivity index (χ3n) is 2.29. The van der Waals surface area contributed by atoms with E-state index in [1.807, 2.05) is 0 Å². The number of phenols is 1. The molecule has 0 spiro atoms. The van der Waals surface area contributed by atoms with E-state index in [1.54, 1.807) is 32.9 Å². The molecule has 0 aliphatic rings. The summed E-state index contributed by atoms with van der Waals surface area (Å²) in [6.07, 6.45) is 1.38. The van der Waals surface area contributed by atoms with E-state index in [9.17, 15) is 9.90 Å². The van der Waals surface area contributed by atoms with Crippen LogP contribution in [0.3, 0.4) is 0 Å². The van der Waals surface area contributed by atoms with Crippen molar-refractivity contribution in [2.75, 3.05) is 7.11 Å². The number of nitrogens with one attached hydrogen (secondary N) is 1. The first-order valence-electron chi connectivity index (χ1n) is 5.55. The summed E-state index contributed by atoms with van der Waals surface area (Å²) >= 11 is 0. The van der Waals surface area contributed by atoms with Gasteiger partial charge in [-0.05, 0) is 18.2 Å². The molecule has 1 aromatic carbocycles. The average Bonchev–Trinajstić information content (AvgIpc) is 2.30. The predicted octanol–water partition coefficient (Wildman–Crippen LogP) is 1.90. The van der Waals surface area contributed by atoms with Gasteiger partial charge in [-0.2, -0.15) is 5.10 Å². The van der Waals surface area contributed by atoms with Gasteiger partial charge in [0, 0.05) is 11.0 Å². The third kappa shape index (κ3) is 3.76. The molecule has 1 amide bonds. The first-order valence-corrected chi connectivity index (χ1v) is 5.55. The number of hydrogen-bond acceptors (Lipinski definition) is 4. The second-order valence-electron chi connectivity index (χ2n) is 4.87. The number of carbonyl (C=O) groups is 1. The SMILES string of the molecule is COc1ccc(O)c(C=NNC(=O)C(C)(C)C)c1. The van der Waals surface area contributed by atoms with Gasteiger partial charge in [0.15, 0.2) is 0 Å². The number of methoxy groups -OCH3 is 1. The molecular formula is C13H18N2O3. The van der Waals surface area contributed by atoms with Crippen molar-refractivity contribution < 1.29 is 14.6 Å². The summed E-state index contributed by atoms with van der Waals surface area (Å²) in [6.45, 7) is 5.38. The van der Waals surface area contributed by atoms with Gasteiger partial charge in [0.2, 0.25) is 5.91 Å². The van der Waals surface area contributed by atoms with Crippen molar-refractivity contribution in [2.24, 2.45) is 10.5 Å². The Morgan fingerprint density at radius 1 is 1.44 bits per heavy atom. The van der Waals surface area contributed by atoms with Crippen molar-refractivity contribution in [3.05, 3.63) is 23.8 Å². The van der Waals surface area contributed by atoms with E-state index in [0.29, 0.717) is 11.3 Å². The Hall–Kier alpha value is -2.04. The summed E-state index contributed by atoms with van der Waals surface area (Å²) < 4.78 is 5.03. The van der Waals surface area contributed by atoms with Crippen LogP contribution in [0.5, 0.6) is 11.5 Å². The number of carbonyl (C=O) groups excluding carboxylic acids is 1. The molecular weight excluding hydrogens is 232 g/mol. The minimum absolute atomic E-state index is 0.0737. The molecule has 0 saturated heterocycles. The molecule has 0 unspecified atom stereocenters. The normalized spacial score (nSPS) is 11.6. The molecule has 1 rings (SSSR count). The predicted molar refractivity (Wildman–Crippen MR) is 69.9 cm³/mol. The Kier molecular flexibility index (Phi) is 4.31. The highest BCUT2D eigenvalue weighted by molar-refractivity contribution is 5.86. The van der Waals surface area contributed by atoms with Crippen molar-refractivity contribution in [2.45, 2.75) is 20.8 Å². The summed E-state index contributed by atoms with van der Waals surface area (Å²) in [5.41, 5.74) is 2.38. The number of amides is 1. The monoisotopic (exact) mass is 250 g/mol. The fourth-order valence-electron chi connectivity index (χ4n) is 1.09. The summed E-state index contributed by atoms with van der Waals surface area (Å²) in [7, 11) is 1.54. The zero-order valence-electron chi connectivity index (χ0n) is 11.0. The van der Waals surface area contributed by atoms with E-state index in [0.717, 1.165) is 0 Å². The maximum atomic E-state index is 11.6. The van der Waals surface area contributed by atoms with Crippen LogP contribution in [0.25, 0.3) is 0 Å². The number of rotatable bonds is 3. The van der Waals surface area contributed by atoms with Crippen LogP contribution in [-0.4, -0.2) is 24.3 Å². The second kappa shape index (κ2) is 5.53. The van der Waals surface area contributed by atoms with Gasteiger partial charge < -0.3 is 9.84 Å². The molecule has 0 aliphatic heterocycles. The summed E-state index contributed by atoms with van der Waals surface area (Å²) in [5, 5.41) is 13.4. The van der Waals surface area contributed by atoms with Crippen molar-refractivity contribution in [3.63, 3.8) is 0 Å². The first kappa shape index (κ1) is 14.0. The summed E-state index contributed by atoms with van der Waals surface area (Å²) in [5.74, 6) is 0.488. The molecule has 98 valence electrons. The van der Waals surface area contributed by atoms with Crippen molar-refractivity contribution >= 4 is 12.1 Å². The Morgan fingerprint density at radius 3 is 2.67 bits per heavy atom. The summed E-state index contributed by atoms with van der Waals surface area (Å²) in [6, 6.07) is 4.77. The van der Waals surface area contributed by atoms with Gasteiger partial charge in [-0.25, -0.2) is 5.43 Å². The van der Waals surface area contributed by atoms with Crippen LogP contribution < -0.4 is 10.2 Å². The molecule has 0 fully saturated rings. The molecule has 1 aromatic rings. The van der Waals surface area contributed by atoms with E-state index >= 15 is 0 Å². The molecule has 18 heavy (non-hydrogen) atoms. The number of hydrazone groups is 1. The van der Waals surface area contributed by atoms with E-state index in [4.69, 9.17) is 4.74 Å². The lowest BCUT2D eigenvalue weighted by atomic mass is 9.96. The quantitative estimate of drug-likeness (QED) is 0.635. The van der Waals surface area contributed by atoms with Gasteiger partial charge in [-0.15, -0.1) is 0 Å². The topological polar surface area (TPSA) is 70.9 Å². The van der Waals surface area contributed by atoms with Crippen molar-refractivity contribution in [3.8, 4) is 11.5 Å². The Balaban J connectivity index is 2.76. The zero-order chi connectivity index (χ0) is 13.8. The number of benzene rings is 1. The summed E-state index contributed by atoms with van der Waals surface area (Å²) in [4.78, 5) is 11.6. The molecule has 2 N–H and O–H groups in total. The van der Waals surface area contributed by atoms with Gasteiger partial charge in [0.1, 0.15) is 11.5 Å². The molecule has 0 aliphatic carbocycles. The van der Waals surface area contributed by atoms with Crippen LogP contribution in [0.15, 0.2) is 23.3 Å². The average molecular weight is 250 g/mol. The number of phenolic OH excluding ortho intramolecular Hbond substituents is 1.